The highest BCUT2D eigenvalue weighted by molar-refractivity contribution is 5.27. The third-order valence-corrected chi connectivity index (χ3v) is 3.04. The second-order valence-electron chi connectivity index (χ2n) is 4.44. The maximum atomic E-state index is 5.67. The van der Waals surface area contributed by atoms with Crippen molar-refractivity contribution in [1.29, 1.82) is 0 Å². The lowest BCUT2D eigenvalue weighted by Gasteiger charge is -2.18. The normalized spacial score (nSPS) is 10.9. The Bertz CT molecular complexity index is 324. The largest absolute Gasteiger partial charge is 0.492 e. The quantitative estimate of drug-likeness (QED) is 0.681. The van der Waals surface area contributed by atoms with Crippen LogP contribution in [0, 0.1) is 6.92 Å². The Kier molecular flexibility index (Phi) is 7.46. The van der Waals surface area contributed by atoms with Crippen molar-refractivity contribution in [3.63, 3.8) is 0 Å². The molecular weight excluding hydrogens is 224 g/mol. The standard InChI is InChI=1S/C15H26N2O/c1-4-17(5-2)11-9-16-10-12-18-15-8-6-7-14(3)13-15/h6-8,13,16H,4-5,9-12H2,1-3H3. The van der Waals surface area contributed by atoms with E-state index in [4.69, 9.17) is 4.74 Å². The van der Waals surface area contributed by atoms with Crippen LogP contribution < -0.4 is 10.1 Å². The lowest BCUT2D eigenvalue weighted by molar-refractivity contribution is 0.285. The number of benzene rings is 1. The van der Waals surface area contributed by atoms with Crippen LogP contribution in [0.3, 0.4) is 0 Å². The van der Waals surface area contributed by atoms with Gasteiger partial charge in [-0.3, -0.25) is 0 Å². The first-order valence-electron chi connectivity index (χ1n) is 6.88. The Hall–Kier alpha value is -1.06. The molecule has 1 aromatic rings. The molecule has 0 radical (unpaired) electrons. The van der Waals surface area contributed by atoms with Crippen molar-refractivity contribution in [3.05, 3.63) is 29.8 Å². The third-order valence-electron chi connectivity index (χ3n) is 3.04. The fourth-order valence-corrected chi connectivity index (χ4v) is 1.85. The van der Waals surface area contributed by atoms with Crippen LogP contribution in [-0.2, 0) is 0 Å². The van der Waals surface area contributed by atoms with Crippen LogP contribution in [0.15, 0.2) is 24.3 Å². The van der Waals surface area contributed by atoms with E-state index in [-0.39, 0.29) is 0 Å². The number of likely N-dealkylation sites (N-methyl/N-ethyl adjacent to an activating group) is 1. The summed E-state index contributed by atoms with van der Waals surface area (Å²) in [6.45, 7) is 12.5. The average Bonchev–Trinajstić information content (AvgIpc) is 2.38. The van der Waals surface area contributed by atoms with Crippen LogP contribution in [-0.4, -0.2) is 44.2 Å². The van der Waals surface area contributed by atoms with E-state index in [0.29, 0.717) is 0 Å². The summed E-state index contributed by atoms with van der Waals surface area (Å²) in [4.78, 5) is 2.41. The Morgan fingerprint density at radius 1 is 1.17 bits per heavy atom. The molecule has 0 aliphatic heterocycles. The molecule has 0 heterocycles. The number of ether oxygens (including phenoxy) is 1. The monoisotopic (exact) mass is 250 g/mol. The van der Waals surface area contributed by atoms with Crippen LogP contribution in [0.1, 0.15) is 19.4 Å². The summed E-state index contributed by atoms with van der Waals surface area (Å²) >= 11 is 0. The van der Waals surface area contributed by atoms with E-state index in [1.165, 1.54) is 5.56 Å². The molecule has 1 N–H and O–H groups in total. The number of aryl methyl sites for hydroxylation is 1. The highest BCUT2D eigenvalue weighted by atomic mass is 16.5. The van der Waals surface area contributed by atoms with Crippen LogP contribution in [0.25, 0.3) is 0 Å². The van der Waals surface area contributed by atoms with Crippen molar-refractivity contribution in [2.24, 2.45) is 0 Å². The molecular formula is C15H26N2O. The summed E-state index contributed by atoms with van der Waals surface area (Å²) < 4.78 is 5.67. The molecule has 0 unspecified atom stereocenters. The zero-order chi connectivity index (χ0) is 13.2. The highest BCUT2D eigenvalue weighted by Crippen LogP contribution is 2.11. The minimum atomic E-state index is 0.724. The minimum absolute atomic E-state index is 0.724. The predicted octanol–water partition coefficient (Wildman–Crippen LogP) is 2.31. The molecule has 18 heavy (non-hydrogen) atoms. The zero-order valence-corrected chi connectivity index (χ0v) is 11.9. The Balaban J connectivity index is 2.05. The number of nitrogens with zero attached hydrogens (tertiary/aromatic N) is 1. The first-order chi connectivity index (χ1) is 8.76. The predicted molar refractivity (Wildman–Crippen MR) is 77.3 cm³/mol. The summed E-state index contributed by atoms with van der Waals surface area (Å²) in [6.07, 6.45) is 0. The third kappa shape index (κ3) is 6.03. The molecule has 3 heteroatoms. The van der Waals surface area contributed by atoms with Crippen LogP contribution in [0.4, 0.5) is 0 Å². The summed E-state index contributed by atoms with van der Waals surface area (Å²) in [5.74, 6) is 0.959. The van der Waals surface area contributed by atoms with Crippen LogP contribution in [0.5, 0.6) is 5.75 Å². The lowest BCUT2D eigenvalue weighted by atomic mass is 10.2. The maximum Gasteiger partial charge on any atom is 0.119 e. The molecule has 102 valence electrons. The summed E-state index contributed by atoms with van der Waals surface area (Å²) in [7, 11) is 0. The van der Waals surface area contributed by atoms with Crippen molar-refractivity contribution in [2.45, 2.75) is 20.8 Å². The van der Waals surface area contributed by atoms with E-state index in [1.807, 2.05) is 12.1 Å². The number of rotatable bonds is 9. The van der Waals surface area contributed by atoms with Crippen molar-refractivity contribution in [3.8, 4) is 5.75 Å². The van der Waals surface area contributed by atoms with Gasteiger partial charge in [-0.15, -0.1) is 0 Å². The average molecular weight is 250 g/mol. The topological polar surface area (TPSA) is 24.5 Å². The van der Waals surface area contributed by atoms with E-state index in [2.05, 4.69) is 43.1 Å². The second kappa shape index (κ2) is 8.95. The lowest BCUT2D eigenvalue weighted by Crippen LogP contribution is -2.33. The molecule has 0 aliphatic carbocycles. The van der Waals surface area contributed by atoms with Crippen LogP contribution >= 0.6 is 0 Å². The second-order valence-corrected chi connectivity index (χ2v) is 4.44. The first-order valence-corrected chi connectivity index (χ1v) is 6.88. The molecule has 1 aromatic carbocycles. The van der Waals surface area contributed by atoms with Gasteiger partial charge in [-0.05, 0) is 37.7 Å². The molecule has 0 aromatic heterocycles. The van der Waals surface area contributed by atoms with E-state index < -0.39 is 0 Å². The smallest absolute Gasteiger partial charge is 0.119 e. The van der Waals surface area contributed by atoms with Gasteiger partial charge in [0.2, 0.25) is 0 Å². The zero-order valence-electron chi connectivity index (χ0n) is 11.9. The molecule has 0 amide bonds. The van der Waals surface area contributed by atoms with Gasteiger partial charge in [-0.25, -0.2) is 0 Å². The van der Waals surface area contributed by atoms with Gasteiger partial charge in [0.05, 0.1) is 0 Å². The Labute approximate surface area is 111 Å². The number of hydrogen-bond donors (Lipinski definition) is 1. The molecule has 3 nitrogen and oxygen atoms in total. The molecule has 0 spiro atoms. The summed E-state index contributed by atoms with van der Waals surface area (Å²) in [6, 6.07) is 8.17. The SMILES string of the molecule is CCN(CC)CCNCCOc1cccc(C)c1. The molecule has 1 rings (SSSR count). The van der Waals surface area contributed by atoms with E-state index >= 15 is 0 Å². The van der Waals surface area contributed by atoms with E-state index in [9.17, 15) is 0 Å². The van der Waals surface area contributed by atoms with Crippen molar-refractivity contribution in [2.75, 3.05) is 39.3 Å². The van der Waals surface area contributed by atoms with Gasteiger partial charge in [0.15, 0.2) is 0 Å². The Morgan fingerprint density at radius 3 is 2.61 bits per heavy atom. The summed E-state index contributed by atoms with van der Waals surface area (Å²) in [5.41, 5.74) is 1.24. The summed E-state index contributed by atoms with van der Waals surface area (Å²) in [5, 5.41) is 3.40. The van der Waals surface area contributed by atoms with Gasteiger partial charge in [0, 0.05) is 19.6 Å². The molecule has 0 aliphatic rings. The number of hydrogen-bond acceptors (Lipinski definition) is 3. The van der Waals surface area contributed by atoms with Crippen molar-refractivity contribution < 1.29 is 4.74 Å². The number of nitrogens with one attached hydrogen (secondary N) is 1. The van der Waals surface area contributed by atoms with E-state index in [1.54, 1.807) is 0 Å². The van der Waals surface area contributed by atoms with Gasteiger partial charge in [-0.1, -0.05) is 26.0 Å². The molecule has 0 atom stereocenters. The fourth-order valence-electron chi connectivity index (χ4n) is 1.85. The van der Waals surface area contributed by atoms with Gasteiger partial charge >= 0.3 is 0 Å². The van der Waals surface area contributed by atoms with Crippen molar-refractivity contribution in [1.82, 2.24) is 10.2 Å². The first kappa shape index (κ1) is 15.0. The minimum Gasteiger partial charge on any atom is -0.492 e. The van der Waals surface area contributed by atoms with Gasteiger partial charge in [-0.2, -0.15) is 0 Å². The molecule has 0 saturated heterocycles. The fraction of sp³-hybridized carbons (Fsp3) is 0.600. The Morgan fingerprint density at radius 2 is 1.94 bits per heavy atom. The van der Waals surface area contributed by atoms with Gasteiger partial charge < -0.3 is 15.0 Å². The maximum absolute atomic E-state index is 5.67. The van der Waals surface area contributed by atoms with Crippen molar-refractivity contribution >= 4 is 0 Å². The van der Waals surface area contributed by atoms with E-state index in [0.717, 1.165) is 45.1 Å². The van der Waals surface area contributed by atoms with Gasteiger partial charge in [0.1, 0.15) is 12.4 Å². The van der Waals surface area contributed by atoms with Crippen LogP contribution in [0.2, 0.25) is 0 Å². The molecule has 0 saturated carbocycles. The molecule has 0 bridgehead atoms. The molecule has 0 fully saturated rings. The highest BCUT2D eigenvalue weighted by Gasteiger charge is 1.97. The van der Waals surface area contributed by atoms with Gasteiger partial charge in [0.25, 0.3) is 0 Å².